The first-order chi connectivity index (χ1) is 14.8. The van der Waals surface area contributed by atoms with Gasteiger partial charge in [-0.1, -0.05) is 23.7 Å². The van der Waals surface area contributed by atoms with E-state index in [4.69, 9.17) is 16.3 Å². The Hall–Kier alpha value is -3.45. The molecule has 31 heavy (non-hydrogen) atoms. The fraction of sp³-hybridized carbons (Fsp3) is 0.217. The third kappa shape index (κ3) is 4.22. The van der Waals surface area contributed by atoms with Crippen LogP contribution in [0.2, 0.25) is 5.15 Å². The number of aryl methyl sites for hydroxylation is 4. The minimum Gasteiger partial charge on any atom is -0.489 e. The van der Waals surface area contributed by atoms with Crippen molar-refractivity contribution < 1.29 is 4.74 Å². The zero-order chi connectivity index (χ0) is 22.1. The van der Waals surface area contributed by atoms with Crippen molar-refractivity contribution in [3.8, 4) is 22.7 Å². The summed E-state index contributed by atoms with van der Waals surface area (Å²) in [5, 5.41) is 10.2. The first kappa shape index (κ1) is 20.8. The SMILES string of the molecule is Cc1cc(Cl)nc(-c2cc(C)c(OCc3c(C)cccc3-n3nn[nH]c3=O)cc2C)c1. The van der Waals surface area contributed by atoms with Gasteiger partial charge in [-0.05, 0) is 90.7 Å². The topological polar surface area (TPSA) is 85.7 Å². The van der Waals surface area contributed by atoms with E-state index < -0.39 is 5.69 Å². The van der Waals surface area contributed by atoms with Crippen molar-refractivity contribution in [3.05, 3.63) is 85.9 Å². The van der Waals surface area contributed by atoms with Crippen LogP contribution in [0.1, 0.15) is 27.8 Å². The summed E-state index contributed by atoms with van der Waals surface area (Å²) in [4.78, 5) is 16.5. The molecule has 158 valence electrons. The van der Waals surface area contributed by atoms with Gasteiger partial charge in [0.25, 0.3) is 0 Å². The number of pyridine rings is 1. The molecule has 2 aromatic carbocycles. The summed E-state index contributed by atoms with van der Waals surface area (Å²) in [7, 11) is 0. The molecule has 7 nitrogen and oxygen atoms in total. The molecule has 0 aliphatic carbocycles. The van der Waals surface area contributed by atoms with Gasteiger partial charge in [-0.25, -0.2) is 14.9 Å². The number of hydrogen-bond acceptors (Lipinski definition) is 5. The number of benzene rings is 2. The Bertz CT molecular complexity index is 1310. The molecule has 0 radical (unpaired) electrons. The van der Waals surface area contributed by atoms with Crippen molar-refractivity contribution in [2.45, 2.75) is 34.3 Å². The number of tetrazole rings is 1. The van der Waals surface area contributed by atoms with E-state index >= 15 is 0 Å². The van der Waals surface area contributed by atoms with E-state index in [1.807, 2.05) is 64.1 Å². The minimum absolute atomic E-state index is 0.287. The van der Waals surface area contributed by atoms with Gasteiger partial charge in [0.2, 0.25) is 0 Å². The number of nitrogens with zero attached hydrogens (tertiary/aromatic N) is 4. The number of ether oxygens (including phenoxy) is 1. The molecule has 0 unspecified atom stereocenters. The van der Waals surface area contributed by atoms with Crippen LogP contribution < -0.4 is 10.4 Å². The molecule has 4 rings (SSSR count). The van der Waals surface area contributed by atoms with E-state index in [0.717, 1.165) is 44.8 Å². The predicted octanol–water partition coefficient (Wildman–Crippen LogP) is 4.48. The molecule has 0 amide bonds. The normalized spacial score (nSPS) is 11.0. The minimum atomic E-state index is -0.396. The van der Waals surface area contributed by atoms with Crippen LogP contribution in [-0.2, 0) is 6.61 Å². The van der Waals surface area contributed by atoms with Gasteiger partial charge in [-0.15, -0.1) is 0 Å². The molecule has 2 heterocycles. The van der Waals surface area contributed by atoms with Crippen LogP contribution in [0.15, 0.2) is 47.3 Å². The van der Waals surface area contributed by atoms with Gasteiger partial charge in [0.1, 0.15) is 17.5 Å². The van der Waals surface area contributed by atoms with Gasteiger partial charge >= 0.3 is 5.69 Å². The highest BCUT2D eigenvalue weighted by atomic mass is 35.5. The van der Waals surface area contributed by atoms with E-state index in [2.05, 4.69) is 26.6 Å². The van der Waals surface area contributed by atoms with Crippen LogP contribution in [0.25, 0.3) is 16.9 Å². The highest BCUT2D eigenvalue weighted by Gasteiger charge is 2.14. The lowest BCUT2D eigenvalue weighted by Gasteiger charge is -2.16. The zero-order valence-corrected chi connectivity index (χ0v) is 18.5. The maximum Gasteiger partial charge on any atom is 0.365 e. The molecule has 0 fully saturated rings. The highest BCUT2D eigenvalue weighted by Crippen LogP contribution is 2.31. The Morgan fingerprint density at radius 1 is 1.03 bits per heavy atom. The van der Waals surface area contributed by atoms with Crippen LogP contribution in [0.5, 0.6) is 5.75 Å². The molecule has 0 saturated heterocycles. The third-order valence-corrected chi connectivity index (χ3v) is 5.39. The molecular formula is C23H22ClN5O2. The Morgan fingerprint density at radius 3 is 2.55 bits per heavy atom. The predicted molar refractivity (Wildman–Crippen MR) is 120 cm³/mol. The molecule has 0 aliphatic rings. The number of halogens is 1. The van der Waals surface area contributed by atoms with Crippen molar-refractivity contribution in [2.75, 3.05) is 0 Å². The number of hydrogen-bond donors (Lipinski definition) is 1. The fourth-order valence-electron chi connectivity index (χ4n) is 3.56. The molecular weight excluding hydrogens is 414 g/mol. The van der Waals surface area contributed by atoms with Crippen molar-refractivity contribution in [1.82, 2.24) is 25.2 Å². The number of rotatable bonds is 5. The first-order valence-electron chi connectivity index (χ1n) is 9.81. The Labute approximate surface area is 184 Å². The molecule has 0 saturated carbocycles. The summed E-state index contributed by atoms with van der Waals surface area (Å²) in [5.74, 6) is 0.765. The van der Waals surface area contributed by atoms with Gasteiger partial charge < -0.3 is 4.74 Å². The number of nitrogens with one attached hydrogen (secondary N) is 1. The van der Waals surface area contributed by atoms with Crippen LogP contribution in [0.4, 0.5) is 0 Å². The summed E-state index contributed by atoms with van der Waals surface area (Å²) in [6.45, 7) is 8.28. The Morgan fingerprint density at radius 2 is 1.84 bits per heavy atom. The fourth-order valence-corrected chi connectivity index (χ4v) is 3.83. The van der Waals surface area contributed by atoms with Crippen molar-refractivity contribution in [1.29, 1.82) is 0 Å². The van der Waals surface area contributed by atoms with E-state index in [9.17, 15) is 4.79 Å². The summed E-state index contributed by atoms with van der Waals surface area (Å²) < 4.78 is 7.42. The van der Waals surface area contributed by atoms with Gasteiger partial charge in [0, 0.05) is 11.1 Å². The average molecular weight is 436 g/mol. The van der Waals surface area contributed by atoms with E-state index in [0.29, 0.717) is 10.8 Å². The lowest BCUT2D eigenvalue weighted by Crippen LogP contribution is -2.18. The third-order valence-electron chi connectivity index (χ3n) is 5.19. The quantitative estimate of drug-likeness (QED) is 0.467. The maximum absolute atomic E-state index is 12.0. The molecule has 8 heteroatoms. The van der Waals surface area contributed by atoms with Crippen LogP contribution in [0, 0.1) is 27.7 Å². The smallest absolute Gasteiger partial charge is 0.365 e. The van der Waals surface area contributed by atoms with Crippen LogP contribution in [-0.4, -0.2) is 25.2 Å². The molecule has 0 spiro atoms. The average Bonchev–Trinajstić information content (AvgIpc) is 3.14. The summed E-state index contributed by atoms with van der Waals surface area (Å²) >= 11 is 6.15. The summed E-state index contributed by atoms with van der Waals surface area (Å²) in [6, 6.07) is 13.6. The maximum atomic E-state index is 12.0. The van der Waals surface area contributed by atoms with Gasteiger partial charge in [0.05, 0.1) is 11.4 Å². The first-order valence-corrected chi connectivity index (χ1v) is 10.2. The van der Waals surface area contributed by atoms with E-state index in [-0.39, 0.29) is 6.61 Å². The number of H-pyrrole nitrogens is 1. The molecule has 0 bridgehead atoms. The van der Waals surface area contributed by atoms with E-state index in [1.54, 1.807) is 0 Å². The lowest BCUT2D eigenvalue weighted by atomic mass is 10.0. The van der Waals surface area contributed by atoms with Crippen molar-refractivity contribution in [3.63, 3.8) is 0 Å². The number of aromatic amines is 1. The molecule has 0 aliphatic heterocycles. The molecule has 4 aromatic rings. The summed E-state index contributed by atoms with van der Waals surface area (Å²) in [5.41, 5.74) is 7.04. The molecule has 2 aromatic heterocycles. The van der Waals surface area contributed by atoms with Gasteiger partial charge in [-0.2, -0.15) is 4.68 Å². The highest BCUT2D eigenvalue weighted by molar-refractivity contribution is 6.29. The lowest BCUT2D eigenvalue weighted by molar-refractivity contribution is 0.302. The molecule has 1 N–H and O–H groups in total. The van der Waals surface area contributed by atoms with Gasteiger partial charge in [0.15, 0.2) is 0 Å². The second-order valence-electron chi connectivity index (χ2n) is 7.56. The largest absolute Gasteiger partial charge is 0.489 e. The zero-order valence-electron chi connectivity index (χ0n) is 17.7. The standard InChI is InChI=1S/C23H22ClN5O2/c1-13-8-19(25-22(24)9-13)17-10-16(4)21(11-15(17)3)31-12-18-14(2)6-5-7-20(18)29-23(30)26-27-28-29/h5-11H,12H2,1-4H3,(H,26,28,30). The summed E-state index contributed by atoms with van der Waals surface area (Å²) in [6.07, 6.45) is 0. The van der Waals surface area contributed by atoms with Gasteiger partial charge in [-0.3, -0.25) is 0 Å². The van der Waals surface area contributed by atoms with E-state index in [1.165, 1.54) is 4.68 Å². The second kappa shape index (κ2) is 8.35. The Kier molecular flexibility index (Phi) is 5.61. The van der Waals surface area contributed by atoms with Crippen molar-refractivity contribution in [2.24, 2.45) is 0 Å². The second-order valence-corrected chi connectivity index (χ2v) is 7.95. The Balaban J connectivity index is 1.66. The number of aromatic nitrogens is 5. The van der Waals surface area contributed by atoms with Crippen LogP contribution in [0.3, 0.4) is 0 Å². The van der Waals surface area contributed by atoms with Crippen LogP contribution >= 0.6 is 11.6 Å². The monoisotopic (exact) mass is 435 g/mol. The van der Waals surface area contributed by atoms with Crippen molar-refractivity contribution >= 4 is 11.6 Å². The molecule has 0 atom stereocenters.